The third-order valence-electron chi connectivity index (χ3n) is 5.85. The second-order valence-corrected chi connectivity index (χ2v) is 8.19. The minimum Gasteiger partial charge on any atom is -0.462 e. The fraction of sp³-hybridized carbons (Fsp3) is 0.364. The van der Waals surface area contributed by atoms with Crippen molar-refractivity contribution in [2.24, 2.45) is 0 Å². The maximum atomic E-state index is 6.51. The van der Waals surface area contributed by atoms with Gasteiger partial charge in [0.05, 0.1) is 29.5 Å². The van der Waals surface area contributed by atoms with Crippen LogP contribution in [0.2, 0.25) is 5.02 Å². The van der Waals surface area contributed by atoms with Crippen molar-refractivity contribution < 1.29 is 18.6 Å². The zero-order chi connectivity index (χ0) is 20.1. The molecule has 0 saturated carbocycles. The first kappa shape index (κ1) is 18.2. The van der Waals surface area contributed by atoms with E-state index in [2.05, 4.69) is 39.3 Å². The normalized spacial score (nSPS) is 27.8. The number of ether oxygens (including phenoxy) is 3. The highest BCUT2D eigenvalue weighted by Gasteiger charge is 2.43. The largest absolute Gasteiger partial charge is 0.462 e. The highest BCUT2D eigenvalue weighted by atomic mass is 35.5. The standard InChI is InChI=1S/C22H20ClN3O4/c23-14-9-15-21(26-22(24-15)30-18-11-29-16-6-7-27-20(16)18)25-19(14)17-8-13(10-28-17)12-4-2-1-3-5-12/h1-4,8-10,12,16,18,20H,5-7,11H2,(H,24,25,26)/t12?,16-,18?,20+/m1/s1. The Morgan fingerprint density at radius 3 is 3.03 bits per heavy atom. The van der Waals surface area contributed by atoms with Gasteiger partial charge in [-0.25, -0.2) is 4.98 Å². The average molecular weight is 426 g/mol. The molecule has 1 aliphatic carbocycles. The van der Waals surface area contributed by atoms with Gasteiger partial charge < -0.3 is 23.6 Å². The molecule has 2 fully saturated rings. The Morgan fingerprint density at radius 2 is 2.13 bits per heavy atom. The van der Waals surface area contributed by atoms with E-state index < -0.39 is 0 Å². The van der Waals surface area contributed by atoms with Gasteiger partial charge in [-0.1, -0.05) is 35.9 Å². The van der Waals surface area contributed by atoms with E-state index in [0.717, 1.165) is 18.4 Å². The summed E-state index contributed by atoms with van der Waals surface area (Å²) in [5.41, 5.74) is 2.88. The predicted molar refractivity (Wildman–Crippen MR) is 111 cm³/mol. The van der Waals surface area contributed by atoms with Crippen molar-refractivity contribution in [3.05, 3.63) is 53.3 Å². The quantitative estimate of drug-likeness (QED) is 0.666. The molecule has 0 aromatic carbocycles. The maximum Gasteiger partial charge on any atom is 0.296 e. The molecule has 3 aromatic rings. The van der Waals surface area contributed by atoms with Crippen LogP contribution < -0.4 is 4.74 Å². The molecule has 5 heterocycles. The van der Waals surface area contributed by atoms with Crippen LogP contribution in [0.15, 0.2) is 47.1 Å². The number of nitrogens with zero attached hydrogens (tertiary/aromatic N) is 2. The van der Waals surface area contributed by atoms with Crippen LogP contribution in [0.1, 0.15) is 24.3 Å². The van der Waals surface area contributed by atoms with E-state index in [4.69, 9.17) is 30.2 Å². The second-order valence-electron chi connectivity index (χ2n) is 7.78. The highest BCUT2D eigenvalue weighted by Crippen LogP contribution is 2.35. The number of nitrogens with one attached hydrogen (secondary N) is 1. The lowest BCUT2D eigenvalue weighted by Crippen LogP contribution is -2.32. The summed E-state index contributed by atoms with van der Waals surface area (Å²) in [7, 11) is 0. The van der Waals surface area contributed by atoms with Gasteiger partial charge in [0.2, 0.25) is 0 Å². The highest BCUT2D eigenvalue weighted by molar-refractivity contribution is 6.33. The van der Waals surface area contributed by atoms with Crippen LogP contribution in [0.4, 0.5) is 0 Å². The van der Waals surface area contributed by atoms with Crippen molar-refractivity contribution >= 4 is 22.8 Å². The number of halogens is 1. The third-order valence-corrected chi connectivity index (χ3v) is 6.14. The van der Waals surface area contributed by atoms with Crippen LogP contribution >= 0.6 is 11.6 Å². The zero-order valence-corrected chi connectivity index (χ0v) is 16.8. The number of allylic oxidation sites excluding steroid dienone is 4. The van der Waals surface area contributed by atoms with Gasteiger partial charge in [0.15, 0.2) is 17.5 Å². The predicted octanol–water partition coefficient (Wildman–Crippen LogP) is 4.41. The van der Waals surface area contributed by atoms with Crippen LogP contribution in [0, 0.1) is 0 Å². The van der Waals surface area contributed by atoms with Crippen LogP contribution in [-0.2, 0) is 9.47 Å². The van der Waals surface area contributed by atoms with Gasteiger partial charge in [-0.2, -0.15) is 4.98 Å². The Bertz CT molecular complexity index is 1150. The fourth-order valence-electron chi connectivity index (χ4n) is 4.30. The molecule has 0 radical (unpaired) electrons. The Labute approximate surface area is 177 Å². The molecule has 30 heavy (non-hydrogen) atoms. The number of imidazole rings is 1. The molecule has 7 nitrogen and oxygen atoms in total. The number of rotatable bonds is 4. The van der Waals surface area contributed by atoms with E-state index in [-0.39, 0.29) is 18.3 Å². The topological polar surface area (TPSA) is 82.4 Å². The summed E-state index contributed by atoms with van der Waals surface area (Å²) >= 11 is 6.51. The lowest BCUT2D eigenvalue weighted by atomic mass is 9.94. The molecule has 2 aliphatic heterocycles. The zero-order valence-electron chi connectivity index (χ0n) is 16.1. The molecule has 1 N–H and O–H groups in total. The van der Waals surface area contributed by atoms with Crippen LogP contribution in [-0.4, -0.2) is 46.5 Å². The van der Waals surface area contributed by atoms with Gasteiger partial charge in [0.1, 0.15) is 11.8 Å². The number of aromatic nitrogens is 3. The lowest BCUT2D eigenvalue weighted by Gasteiger charge is -2.15. The van der Waals surface area contributed by atoms with Crippen LogP contribution in [0.25, 0.3) is 22.6 Å². The molecular formula is C22H20ClN3O4. The minimum absolute atomic E-state index is 0.0458. The molecule has 4 atom stereocenters. The molecule has 2 saturated heterocycles. The molecule has 3 aromatic heterocycles. The van der Waals surface area contributed by atoms with Crippen molar-refractivity contribution in [3.8, 4) is 17.5 Å². The van der Waals surface area contributed by atoms with Gasteiger partial charge in [-0.05, 0) is 30.5 Å². The minimum atomic E-state index is -0.182. The SMILES string of the molecule is Clc1cc2[nH]c(OC3CO[C@@H]4CCO[C@H]34)nc2nc1-c1cc(C2C=CC=CC2)co1. The van der Waals surface area contributed by atoms with Gasteiger partial charge in [0.25, 0.3) is 6.01 Å². The van der Waals surface area contributed by atoms with Gasteiger partial charge >= 0.3 is 0 Å². The average Bonchev–Trinajstić information content (AvgIpc) is 3.53. The number of furan rings is 1. The van der Waals surface area contributed by atoms with Crippen LogP contribution in [0.3, 0.4) is 0 Å². The maximum absolute atomic E-state index is 6.51. The summed E-state index contributed by atoms with van der Waals surface area (Å²) in [4.78, 5) is 12.3. The molecule has 2 unspecified atom stereocenters. The second kappa shape index (κ2) is 7.27. The molecule has 8 heteroatoms. The van der Waals surface area contributed by atoms with Gasteiger partial charge in [-0.15, -0.1) is 0 Å². The Kier molecular flexibility index (Phi) is 4.40. The van der Waals surface area contributed by atoms with Crippen molar-refractivity contribution in [1.82, 2.24) is 15.0 Å². The van der Waals surface area contributed by atoms with E-state index in [1.807, 2.05) is 6.07 Å². The van der Waals surface area contributed by atoms with Crippen molar-refractivity contribution in [1.29, 1.82) is 0 Å². The molecular weight excluding hydrogens is 406 g/mol. The van der Waals surface area contributed by atoms with Crippen LogP contribution in [0.5, 0.6) is 6.01 Å². The summed E-state index contributed by atoms with van der Waals surface area (Å²) < 4.78 is 23.3. The van der Waals surface area contributed by atoms with E-state index in [9.17, 15) is 0 Å². The first-order chi connectivity index (χ1) is 14.7. The summed E-state index contributed by atoms with van der Waals surface area (Å²) in [6, 6.07) is 4.17. The van der Waals surface area contributed by atoms with Crippen molar-refractivity contribution in [2.75, 3.05) is 13.2 Å². The summed E-state index contributed by atoms with van der Waals surface area (Å²) in [6.07, 6.45) is 11.9. The van der Waals surface area contributed by atoms with Gasteiger partial charge in [0, 0.05) is 12.5 Å². The van der Waals surface area contributed by atoms with Gasteiger partial charge in [-0.3, -0.25) is 0 Å². The van der Waals surface area contributed by atoms with Crippen molar-refractivity contribution in [2.45, 2.75) is 37.1 Å². The fourth-order valence-corrected chi connectivity index (χ4v) is 4.54. The lowest BCUT2D eigenvalue weighted by molar-refractivity contribution is 0.0273. The van der Waals surface area contributed by atoms with E-state index in [0.29, 0.717) is 52.8 Å². The summed E-state index contributed by atoms with van der Waals surface area (Å²) in [6.45, 7) is 1.19. The number of H-pyrrole nitrogens is 1. The number of aromatic amines is 1. The number of hydrogen-bond acceptors (Lipinski definition) is 6. The molecule has 0 spiro atoms. The summed E-state index contributed by atoms with van der Waals surface area (Å²) in [5.74, 6) is 0.923. The van der Waals surface area contributed by atoms with E-state index in [1.165, 1.54) is 0 Å². The number of pyridine rings is 1. The van der Waals surface area contributed by atoms with Crippen molar-refractivity contribution in [3.63, 3.8) is 0 Å². The first-order valence-corrected chi connectivity index (χ1v) is 10.5. The molecule has 0 amide bonds. The monoisotopic (exact) mass is 425 g/mol. The first-order valence-electron chi connectivity index (χ1n) is 10.1. The molecule has 6 rings (SSSR count). The Morgan fingerprint density at radius 1 is 1.17 bits per heavy atom. The smallest absolute Gasteiger partial charge is 0.296 e. The number of fused-ring (bicyclic) bond motifs is 2. The number of hydrogen-bond donors (Lipinski definition) is 1. The molecule has 0 bridgehead atoms. The Balaban J connectivity index is 1.27. The molecule has 3 aliphatic rings. The summed E-state index contributed by atoms with van der Waals surface area (Å²) in [5, 5.41) is 0.487. The Hall–Kier alpha value is -2.61. The van der Waals surface area contributed by atoms with E-state index in [1.54, 1.807) is 12.3 Å². The molecule has 154 valence electrons. The van der Waals surface area contributed by atoms with E-state index >= 15 is 0 Å². The third kappa shape index (κ3) is 3.14.